The van der Waals surface area contributed by atoms with Crippen LogP contribution in [-0.2, 0) is 4.79 Å². The first-order valence-corrected chi connectivity index (χ1v) is 5.29. The highest BCUT2D eigenvalue weighted by Crippen LogP contribution is 2.38. The van der Waals surface area contributed by atoms with Crippen molar-refractivity contribution in [2.24, 2.45) is 5.73 Å². The average molecular weight is 262 g/mol. The van der Waals surface area contributed by atoms with Gasteiger partial charge in [-0.2, -0.15) is 5.26 Å². The van der Waals surface area contributed by atoms with Crippen molar-refractivity contribution in [3.63, 3.8) is 0 Å². The van der Waals surface area contributed by atoms with Crippen molar-refractivity contribution in [3.8, 4) is 23.3 Å². The van der Waals surface area contributed by atoms with Crippen LogP contribution in [0, 0.1) is 11.3 Å². The maximum atomic E-state index is 11.0. The van der Waals surface area contributed by atoms with Crippen LogP contribution < -0.4 is 19.9 Å². The minimum atomic E-state index is -0.795. The van der Waals surface area contributed by atoms with Gasteiger partial charge >= 0.3 is 0 Å². The van der Waals surface area contributed by atoms with Gasteiger partial charge in [0.25, 0.3) is 5.91 Å². The fourth-order valence-corrected chi connectivity index (χ4v) is 1.51. The van der Waals surface area contributed by atoms with Gasteiger partial charge in [0.1, 0.15) is 11.6 Å². The molecule has 1 rings (SSSR count). The molecule has 19 heavy (non-hydrogen) atoms. The van der Waals surface area contributed by atoms with Gasteiger partial charge in [-0.25, -0.2) is 0 Å². The number of methoxy groups -OCH3 is 3. The van der Waals surface area contributed by atoms with E-state index in [1.54, 1.807) is 18.2 Å². The molecule has 0 spiro atoms. The number of benzene rings is 1. The number of nitriles is 1. The van der Waals surface area contributed by atoms with Crippen molar-refractivity contribution in [3.05, 3.63) is 23.3 Å². The van der Waals surface area contributed by atoms with Crippen LogP contribution in [0.5, 0.6) is 17.2 Å². The lowest BCUT2D eigenvalue weighted by Crippen LogP contribution is -2.12. The summed E-state index contributed by atoms with van der Waals surface area (Å²) in [5, 5.41) is 8.81. The molecule has 0 aromatic heterocycles. The van der Waals surface area contributed by atoms with Crippen LogP contribution >= 0.6 is 0 Å². The fourth-order valence-electron chi connectivity index (χ4n) is 1.51. The Hall–Kier alpha value is -2.68. The monoisotopic (exact) mass is 262 g/mol. The minimum Gasteiger partial charge on any atom is -0.493 e. The molecule has 6 heteroatoms. The Balaban J connectivity index is 3.39. The summed E-state index contributed by atoms with van der Waals surface area (Å²) in [5.41, 5.74) is 5.46. The van der Waals surface area contributed by atoms with Crippen molar-refractivity contribution in [1.29, 1.82) is 5.26 Å². The summed E-state index contributed by atoms with van der Waals surface area (Å²) >= 11 is 0. The van der Waals surface area contributed by atoms with E-state index < -0.39 is 5.91 Å². The molecule has 1 aromatic rings. The number of primary amides is 1. The van der Waals surface area contributed by atoms with Gasteiger partial charge in [-0.3, -0.25) is 4.79 Å². The Morgan fingerprint density at radius 1 is 1.21 bits per heavy atom. The lowest BCUT2D eigenvalue weighted by Gasteiger charge is -2.12. The van der Waals surface area contributed by atoms with Gasteiger partial charge in [-0.1, -0.05) is 0 Å². The first kappa shape index (κ1) is 14.4. The Labute approximate surface area is 111 Å². The molecule has 0 unspecified atom stereocenters. The molecule has 100 valence electrons. The minimum absolute atomic E-state index is 0.158. The smallest absolute Gasteiger partial charge is 0.259 e. The predicted molar refractivity (Wildman–Crippen MR) is 68.9 cm³/mol. The number of rotatable bonds is 5. The summed E-state index contributed by atoms with van der Waals surface area (Å²) in [6, 6.07) is 4.95. The molecule has 1 amide bonds. The van der Waals surface area contributed by atoms with Gasteiger partial charge in [-0.05, 0) is 23.8 Å². The number of nitrogens with two attached hydrogens (primary N) is 1. The SMILES string of the molecule is COc1cc(/C=C(/C#N)C(N)=O)cc(OC)c1OC. The molecular formula is C13H14N2O4. The van der Waals surface area contributed by atoms with E-state index in [0.717, 1.165) is 0 Å². The van der Waals surface area contributed by atoms with Crippen molar-refractivity contribution >= 4 is 12.0 Å². The van der Waals surface area contributed by atoms with E-state index in [-0.39, 0.29) is 5.57 Å². The standard InChI is InChI=1S/C13H14N2O4/c1-17-10-5-8(4-9(7-14)13(15)16)6-11(18-2)12(10)19-3/h4-6H,1-3H3,(H2,15,16)/b9-4-. The number of carbonyl (C=O) groups is 1. The van der Waals surface area contributed by atoms with Crippen molar-refractivity contribution in [2.75, 3.05) is 21.3 Å². The van der Waals surface area contributed by atoms with Crippen molar-refractivity contribution < 1.29 is 19.0 Å². The lowest BCUT2D eigenvalue weighted by atomic mass is 10.1. The quantitative estimate of drug-likeness (QED) is 0.633. The van der Waals surface area contributed by atoms with Gasteiger partial charge in [0.05, 0.1) is 21.3 Å². The molecule has 0 aliphatic carbocycles. The molecular weight excluding hydrogens is 248 g/mol. The molecule has 0 atom stereocenters. The van der Waals surface area contributed by atoms with Crippen LogP contribution in [-0.4, -0.2) is 27.2 Å². The van der Waals surface area contributed by atoms with E-state index in [1.165, 1.54) is 27.4 Å². The van der Waals surface area contributed by atoms with Gasteiger partial charge in [0, 0.05) is 0 Å². The van der Waals surface area contributed by atoms with Crippen LogP contribution in [0.15, 0.2) is 17.7 Å². The molecule has 0 aliphatic rings. The van der Waals surface area contributed by atoms with Crippen LogP contribution in [0.1, 0.15) is 5.56 Å². The molecule has 0 saturated heterocycles. The Kier molecular flexibility index (Phi) is 4.77. The zero-order chi connectivity index (χ0) is 14.4. The van der Waals surface area contributed by atoms with E-state index in [2.05, 4.69) is 0 Å². The number of hydrogen-bond donors (Lipinski definition) is 1. The highest BCUT2D eigenvalue weighted by Gasteiger charge is 2.13. The van der Waals surface area contributed by atoms with Crippen LogP contribution in [0.2, 0.25) is 0 Å². The second-order valence-corrected chi connectivity index (χ2v) is 3.49. The molecule has 1 aromatic carbocycles. The van der Waals surface area contributed by atoms with Crippen LogP contribution in [0.25, 0.3) is 6.08 Å². The number of amides is 1. The lowest BCUT2D eigenvalue weighted by molar-refractivity contribution is -0.114. The van der Waals surface area contributed by atoms with Crippen LogP contribution in [0.3, 0.4) is 0 Å². The molecule has 0 aliphatic heterocycles. The second-order valence-electron chi connectivity index (χ2n) is 3.49. The molecule has 0 fully saturated rings. The van der Waals surface area contributed by atoms with Gasteiger partial charge < -0.3 is 19.9 Å². The van der Waals surface area contributed by atoms with Crippen molar-refractivity contribution in [2.45, 2.75) is 0 Å². The third-order valence-electron chi connectivity index (χ3n) is 2.38. The molecule has 0 bridgehead atoms. The van der Waals surface area contributed by atoms with Crippen LogP contribution in [0.4, 0.5) is 0 Å². The molecule has 0 radical (unpaired) electrons. The first-order valence-electron chi connectivity index (χ1n) is 5.29. The Bertz CT molecular complexity index is 533. The highest BCUT2D eigenvalue weighted by molar-refractivity contribution is 6.00. The third-order valence-corrected chi connectivity index (χ3v) is 2.38. The fraction of sp³-hybridized carbons (Fsp3) is 0.231. The van der Waals surface area contributed by atoms with Crippen molar-refractivity contribution in [1.82, 2.24) is 0 Å². The van der Waals surface area contributed by atoms with Gasteiger partial charge in [-0.15, -0.1) is 0 Å². The number of ether oxygens (including phenoxy) is 3. The first-order chi connectivity index (χ1) is 9.07. The summed E-state index contributed by atoms with van der Waals surface area (Å²) < 4.78 is 15.5. The van der Waals surface area contributed by atoms with E-state index in [4.69, 9.17) is 25.2 Å². The zero-order valence-electron chi connectivity index (χ0n) is 10.9. The van der Waals surface area contributed by atoms with E-state index in [9.17, 15) is 4.79 Å². The summed E-state index contributed by atoms with van der Waals surface area (Å²) in [7, 11) is 4.44. The number of hydrogen-bond acceptors (Lipinski definition) is 5. The van der Waals surface area contributed by atoms with Gasteiger partial charge in [0.2, 0.25) is 5.75 Å². The normalized spacial score (nSPS) is 10.5. The highest BCUT2D eigenvalue weighted by atomic mass is 16.5. The third kappa shape index (κ3) is 3.16. The molecule has 2 N–H and O–H groups in total. The topological polar surface area (TPSA) is 94.6 Å². The maximum absolute atomic E-state index is 11.0. The Morgan fingerprint density at radius 3 is 2.05 bits per heavy atom. The van der Waals surface area contributed by atoms with E-state index in [1.807, 2.05) is 0 Å². The summed E-state index contributed by atoms with van der Waals surface area (Å²) in [5.74, 6) is 0.487. The number of nitrogens with zero attached hydrogens (tertiary/aromatic N) is 1. The molecule has 0 saturated carbocycles. The second kappa shape index (κ2) is 6.31. The summed E-state index contributed by atoms with van der Waals surface area (Å²) in [6.45, 7) is 0. The van der Waals surface area contributed by atoms with Gasteiger partial charge in [0.15, 0.2) is 11.5 Å². The predicted octanol–water partition coefficient (Wildman–Crippen LogP) is 1.10. The Morgan fingerprint density at radius 2 is 1.74 bits per heavy atom. The zero-order valence-corrected chi connectivity index (χ0v) is 10.9. The van der Waals surface area contributed by atoms with E-state index >= 15 is 0 Å². The van der Waals surface area contributed by atoms with E-state index in [0.29, 0.717) is 22.8 Å². The maximum Gasteiger partial charge on any atom is 0.259 e. The average Bonchev–Trinajstić information content (AvgIpc) is 2.42. The summed E-state index contributed by atoms with van der Waals surface area (Å²) in [4.78, 5) is 11.0. The molecule has 6 nitrogen and oxygen atoms in total. The number of carbonyl (C=O) groups excluding carboxylic acids is 1. The summed E-state index contributed by atoms with van der Waals surface area (Å²) in [6.07, 6.45) is 1.35. The molecule has 0 heterocycles. The largest absolute Gasteiger partial charge is 0.493 e.